The fourth-order valence-corrected chi connectivity index (χ4v) is 2.14. The van der Waals surface area contributed by atoms with Gasteiger partial charge < -0.3 is 5.32 Å². The molecule has 0 spiro atoms. The largest absolute Gasteiger partial charge is 0.348 e. The fraction of sp³-hybridized carbons (Fsp3) is 0.188. The van der Waals surface area contributed by atoms with E-state index in [0.717, 1.165) is 5.56 Å². The normalized spacial score (nSPS) is 11.9. The molecule has 2 aromatic carbocycles. The maximum Gasteiger partial charge on any atom is 0.254 e. The summed E-state index contributed by atoms with van der Waals surface area (Å²) in [6.45, 7) is 0. The number of carbonyl (C=O) groups is 1. The Bertz CT molecular complexity index is 574. The van der Waals surface area contributed by atoms with Crippen LogP contribution in [-0.4, -0.2) is 17.8 Å². The average Bonchev–Trinajstić information content (AvgIpc) is 2.48. The molecule has 0 aromatic heterocycles. The maximum absolute atomic E-state index is 13.5. The van der Waals surface area contributed by atoms with Gasteiger partial charge in [-0.1, -0.05) is 42.5 Å². The summed E-state index contributed by atoms with van der Waals surface area (Å²) in [5.41, 5.74) is 1.11. The number of hydrogen-bond acceptors (Lipinski definition) is 1. The van der Waals surface area contributed by atoms with Gasteiger partial charge >= 0.3 is 0 Å². The van der Waals surface area contributed by atoms with Crippen LogP contribution in [-0.2, 0) is 6.42 Å². The van der Waals surface area contributed by atoms with Crippen LogP contribution >= 0.6 is 11.6 Å². The summed E-state index contributed by atoms with van der Waals surface area (Å²) in [6, 6.07) is 15.4. The first-order valence-corrected chi connectivity index (χ1v) is 6.89. The van der Waals surface area contributed by atoms with E-state index in [1.54, 1.807) is 12.1 Å². The highest BCUT2D eigenvalue weighted by Gasteiger charge is 2.16. The van der Waals surface area contributed by atoms with Gasteiger partial charge in [0.15, 0.2) is 0 Å². The first kappa shape index (κ1) is 14.5. The summed E-state index contributed by atoms with van der Waals surface area (Å²) in [7, 11) is 0. The van der Waals surface area contributed by atoms with Gasteiger partial charge in [-0.25, -0.2) is 4.39 Å². The van der Waals surface area contributed by atoms with Crippen LogP contribution in [0.15, 0.2) is 54.6 Å². The van der Waals surface area contributed by atoms with E-state index in [0.29, 0.717) is 6.42 Å². The number of benzene rings is 2. The molecule has 0 radical (unpaired) electrons. The van der Waals surface area contributed by atoms with E-state index < -0.39 is 11.7 Å². The van der Waals surface area contributed by atoms with Crippen molar-refractivity contribution in [1.29, 1.82) is 0 Å². The van der Waals surface area contributed by atoms with Gasteiger partial charge in [-0.3, -0.25) is 4.79 Å². The molecule has 1 N–H and O–H groups in total. The molecule has 20 heavy (non-hydrogen) atoms. The molecule has 0 saturated heterocycles. The Labute approximate surface area is 122 Å². The molecule has 1 atom stereocenters. The first-order chi connectivity index (χ1) is 9.70. The van der Waals surface area contributed by atoms with Crippen LogP contribution in [0.3, 0.4) is 0 Å². The molecule has 0 bridgehead atoms. The third-order valence-electron chi connectivity index (χ3n) is 2.96. The second-order valence-corrected chi connectivity index (χ2v) is 4.80. The third-order valence-corrected chi connectivity index (χ3v) is 3.34. The van der Waals surface area contributed by atoms with E-state index in [2.05, 4.69) is 5.32 Å². The predicted molar refractivity (Wildman–Crippen MR) is 78.5 cm³/mol. The zero-order valence-corrected chi connectivity index (χ0v) is 11.6. The van der Waals surface area contributed by atoms with E-state index in [9.17, 15) is 9.18 Å². The van der Waals surface area contributed by atoms with Gasteiger partial charge in [-0.05, 0) is 24.1 Å². The Morgan fingerprint density at radius 2 is 1.75 bits per heavy atom. The van der Waals surface area contributed by atoms with E-state index in [1.807, 2.05) is 30.3 Å². The fourth-order valence-electron chi connectivity index (χ4n) is 1.95. The lowest BCUT2D eigenvalue weighted by Crippen LogP contribution is -2.38. The standard InChI is InChI=1S/C16H15ClFNO/c17-11-13(10-12-6-2-1-3-7-12)19-16(20)14-8-4-5-9-15(14)18/h1-9,13H,10-11H2,(H,19,20). The number of carbonyl (C=O) groups excluding carboxylic acids is 1. The Kier molecular flexibility index (Phi) is 5.13. The Morgan fingerprint density at radius 3 is 2.40 bits per heavy atom. The summed E-state index contributed by atoms with van der Waals surface area (Å²) in [6.07, 6.45) is 0.616. The third kappa shape index (κ3) is 3.81. The number of alkyl halides is 1. The van der Waals surface area contributed by atoms with Crippen molar-refractivity contribution < 1.29 is 9.18 Å². The van der Waals surface area contributed by atoms with Crippen LogP contribution in [0.4, 0.5) is 4.39 Å². The molecule has 0 aliphatic rings. The van der Waals surface area contributed by atoms with Crippen LogP contribution in [0.2, 0.25) is 0 Å². The van der Waals surface area contributed by atoms with Crippen LogP contribution in [0.5, 0.6) is 0 Å². The number of rotatable bonds is 5. The smallest absolute Gasteiger partial charge is 0.254 e. The van der Waals surface area contributed by atoms with Gasteiger partial charge in [-0.2, -0.15) is 0 Å². The molecule has 2 aromatic rings. The highest BCUT2D eigenvalue weighted by molar-refractivity contribution is 6.18. The quantitative estimate of drug-likeness (QED) is 0.841. The monoisotopic (exact) mass is 291 g/mol. The van der Waals surface area contributed by atoms with Crippen molar-refractivity contribution in [3.05, 3.63) is 71.5 Å². The molecule has 2 rings (SSSR count). The lowest BCUT2D eigenvalue weighted by molar-refractivity contribution is 0.0936. The molecule has 0 fully saturated rings. The van der Waals surface area contributed by atoms with Gasteiger partial charge in [0.25, 0.3) is 5.91 Å². The van der Waals surface area contributed by atoms with Crippen molar-refractivity contribution in [3.63, 3.8) is 0 Å². The molecule has 0 heterocycles. The van der Waals surface area contributed by atoms with Crippen LogP contribution in [0, 0.1) is 5.82 Å². The number of halogens is 2. The van der Waals surface area contributed by atoms with E-state index >= 15 is 0 Å². The molecular weight excluding hydrogens is 277 g/mol. The molecule has 0 aliphatic heterocycles. The Balaban J connectivity index is 2.03. The van der Waals surface area contributed by atoms with Crippen molar-refractivity contribution in [2.75, 3.05) is 5.88 Å². The van der Waals surface area contributed by atoms with Gasteiger partial charge in [0.05, 0.1) is 5.56 Å². The van der Waals surface area contributed by atoms with Gasteiger partial charge in [0.1, 0.15) is 5.82 Å². The topological polar surface area (TPSA) is 29.1 Å². The van der Waals surface area contributed by atoms with Crippen molar-refractivity contribution in [2.45, 2.75) is 12.5 Å². The summed E-state index contributed by atoms with van der Waals surface area (Å²) in [4.78, 5) is 12.0. The second-order valence-electron chi connectivity index (χ2n) is 4.49. The van der Waals surface area contributed by atoms with Crippen LogP contribution < -0.4 is 5.32 Å². The van der Waals surface area contributed by atoms with Crippen molar-refractivity contribution in [3.8, 4) is 0 Å². The maximum atomic E-state index is 13.5. The summed E-state index contributed by atoms with van der Waals surface area (Å²) >= 11 is 5.88. The van der Waals surface area contributed by atoms with Gasteiger partial charge in [0.2, 0.25) is 0 Å². The van der Waals surface area contributed by atoms with E-state index in [1.165, 1.54) is 12.1 Å². The second kappa shape index (κ2) is 7.06. The Hall–Kier alpha value is -1.87. The number of nitrogens with one attached hydrogen (secondary N) is 1. The highest BCUT2D eigenvalue weighted by atomic mass is 35.5. The van der Waals surface area contributed by atoms with Crippen LogP contribution in [0.1, 0.15) is 15.9 Å². The van der Waals surface area contributed by atoms with Crippen molar-refractivity contribution in [1.82, 2.24) is 5.32 Å². The molecule has 2 nitrogen and oxygen atoms in total. The van der Waals surface area contributed by atoms with Gasteiger partial charge in [0, 0.05) is 11.9 Å². The van der Waals surface area contributed by atoms with Crippen molar-refractivity contribution in [2.24, 2.45) is 0 Å². The minimum Gasteiger partial charge on any atom is -0.348 e. The zero-order valence-electron chi connectivity index (χ0n) is 10.9. The number of hydrogen-bond donors (Lipinski definition) is 1. The summed E-state index contributed by atoms with van der Waals surface area (Å²) < 4.78 is 13.5. The van der Waals surface area contributed by atoms with Crippen molar-refractivity contribution >= 4 is 17.5 Å². The lowest BCUT2D eigenvalue weighted by atomic mass is 10.1. The SMILES string of the molecule is O=C(NC(CCl)Cc1ccccc1)c1ccccc1F. The van der Waals surface area contributed by atoms with E-state index in [-0.39, 0.29) is 17.5 Å². The molecule has 1 unspecified atom stereocenters. The minimum atomic E-state index is -0.530. The molecule has 104 valence electrons. The van der Waals surface area contributed by atoms with Crippen LogP contribution in [0.25, 0.3) is 0 Å². The average molecular weight is 292 g/mol. The molecule has 1 amide bonds. The number of amides is 1. The minimum absolute atomic E-state index is 0.0377. The lowest BCUT2D eigenvalue weighted by Gasteiger charge is -2.16. The molecule has 4 heteroatoms. The summed E-state index contributed by atoms with van der Waals surface area (Å²) in [5, 5.41) is 2.76. The highest BCUT2D eigenvalue weighted by Crippen LogP contribution is 2.09. The van der Waals surface area contributed by atoms with Gasteiger partial charge in [-0.15, -0.1) is 11.6 Å². The molecular formula is C16H15ClFNO. The van der Waals surface area contributed by atoms with E-state index in [4.69, 9.17) is 11.6 Å². The predicted octanol–water partition coefficient (Wildman–Crippen LogP) is 3.41. The zero-order chi connectivity index (χ0) is 14.4. The Morgan fingerprint density at radius 1 is 1.10 bits per heavy atom. The summed E-state index contributed by atoms with van der Waals surface area (Å²) in [5.74, 6) is -0.697. The molecule has 0 aliphatic carbocycles. The first-order valence-electron chi connectivity index (χ1n) is 6.36. The molecule has 0 saturated carbocycles.